The zero-order chi connectivity index (χ0) is 17.8. The predicted octanol–water partition coefficient (Wildman–Crippen LogP) is 2.63. The Labute approximate surface area is 146 Å². The summed E-state index contributed by atoms with van der Waals surface area (Å²) in [7, 11) is 1.65. The molecule has 1 heterocycles. The van der Waals surface area contributed by atoms with Gasteiger partial charge in [0.1, 0.15) is 5.82 Å². The number of nitrogens with one attached hydrogen (secondary N) is 1. The lowest BCUT2D eigenvalue weighted by atomic mass is 10.2. The number of hydrogen-bond acceptors (Lipinski definition) is 3. The molecule has 5 nitrogen and oxygen atoms in total. The second kappa shape index (κ2) is 7.34. The number of amides is 2. The summed E-state index contributed by atoms with van der Waals surface area (Å²) in [4.78, 5) is 27.8. The number of nitrogens with zero attached hydrogens (tertiary/aromatic N) is 2. The SMILES string of the molecule is CN(Cc1ccccc1F)C(=O)CN1CCC(=O)Nc2ccccc21. The normalized spacial score (nSPS) is 13.7. The maximum absolute atomic E-state index is 13.8. The van der Waals surface area contributed by atoms with Gasteiger partial charge < -0.3 is 15.1 Å². The lowest BCUT2D eigenvalue weighted by Gasteiger charge is -2.26. The molecule has 0 atom stereocenters. The van der Waals surface area contributed by atoms with Crippen LogP contribution < -0.4 is 10.2 Å². The van der Waals surface area contributed by atoms with Gasteiger partial charge in [0, 0.05) is 32.1 Å². The van der Waals surface area contributed by atoms with Crippen molar-refractivity contribution in [1.29, 1.82) is 0 Å². The van der Waals surface area contributed by atoms with Crippen LogP contribution in [0.4, 0.5) is 15.8 Å². The number of halogens is 1. The molecule has 2 amide bonds. The maximum Gasteiger partial charge on any atom is 0.242 e. The van der Waals surface area contributed by atoms with Crippen LogP contribution in [0.3, 0.4) is 0 Å². The first-order chi connectivity index (χ1) is 12.0. The Morgan fingerprint density at radius 1 is 1.20 bits per heavy atom. The van der Waals surface area contributed by atoms with Crippen molar-refractivity contribution in [2.45, 2.75) is 13.0 Å². The predicted molar refractivity (Wildman–Crippen MR) is 94.8 cm³/mol. The minimum Gasteiger partial charge on any atom is -0.360 e. The van der Waals surface area contributed by atoms with E-state index in [2.05, 4.69) is 5.32 Å². The van der Waals surface area contributed by atoms with E-state index in [0.29, 0.717) is 24.2 Å². The van der Waals surface area contributed by atoms with Crippen LogP contribution in [0, 0.1) is 5.82 Å². The van der Waals surface area contributed by atoms with Crippen molar-refractivity contribution >= 4 is 23.2 Å². The second-order valence-corrected chi connectivity index (χ2v) is 6.08. The van der Waals surface area contributed by atoms with Crippen LogP contribution in [0.2, 0.25) is 0 Å². The van der Waals surface area contributed by atoms with Gasteiger partial charge in [-0.2, -0.15) is 0 Å². The van der Waals surface area contributed by atoms with E-state index in [-0.39, 0.29) is 30.7 Å². The largest absolute Gasteiger partial charge is 0.360 e. The molecule has 0 radical (unpaired) electrons. The first kappa shape index (κ1) is 17.0. The van der Waals surface area contributed by atoms with Crippen LogP contribution in [0.1, 0.15) is 12.0 Å². The molecule has 0 saturated heterocycles. The smallest absolute Gasteiger partial charge is 0.242 e. The van der Waals surface area contributed by atoms with Gasteiger partial charge in [-0.1, -0.05) is 30.3 Å². The highest BCUT2D eigenvalue weighted by Gasteiger charge is 2.22. The van der Waals surface area contributed by atoms with E-state index in [1.54, 1.807) is 25.2 Å². The number of fused-ring (bicyclic) bond motifs is 1. The van der Waals surface area contributed by atoms with Crippen molar-refractivity contribution in [3.05, 3.63) is 59.9 Å². The Hall–Kier alpha value is -2.89. The number of likely N-dealkylation sites (N-methyl/N-ethyl adjacent to an activating group) is 1. The molecule has 0 aromatic heterocycles. The minimum atomic E-state index is -0.322. The van der Waals surface area contributed by atoms with Crippen LogP contribution in [-0.2, 0) is 16.1 Å². The number of rotatable bonds is 4. The fourth-order valence-corrected chi connectivity index (χ4v) is 2.84. The third-order valence-electron chi connectivity index (χ3n) is 4.24. The Morgan fingerprint density at radius 2 is 1.92 bits per heavy atom. The molecule has 1 aliphatic rings. The summed E-state index contributed by atoms with van der Waals surface area (Å²) < 4.78 is 13.8. The van der Waals surface area contributed by atoms with E-state index < -0.39 is 0 Å². The summed E-state index contributed by atoms with van der Waals surface area (Å²) in [6.45, 7) is 0.803. The fourth-order valence-electron chi connectivity index (χ4n) is 2.84. The van der Waals surface area contributed by atoms with Crippen LogP contribution in [0.25, 0.3) is 0 Å². The van der Waals surface area contributed by atoms with E-state index >= 15 is 0 Å². The Bertz CT molecular complexity index is 794. The van der Waals surface area contributed by atoms with Gasteiger partial charge in [-0.25, -0.2) is 4.39 Å². The molecule has 2 aromatic carbocycles. The average Bonchev–Trinajstić information content (AvgIpc) is 2.76. The summed E-state index contributed by atoms with van der Waals surface area (Å²) in [6, 6.07) is 13.8. The van der Waals surface area contributed by atoms with Crippen molar-refractivity contribution in [2.75, 3.05) is 30.4 Å². The summed E-state index contributed by atoms with van der Waals surface area (Å²) >= 11 is 0. The van der Waals surface area contributed by atoms with Crippen molar-refractivity contribution < 1.29 is 14.0 Å². The van der Waals surface area contributed by atoms with Gasteiger partial charge in [-0.05, 0) is 18.2 Å². The number of para-hydroxylation sites is 2. The Kier molecular flexibility index (Phi) is 4.97. The lowest BCUT2D eigenvalue weighted by Crippen LogP contribution is -2.38. The van der Waals surface area contributed by atoms with Crippen molar-refractivity contribution in [1.82, 2.24) is 4.90 Å². The van der Waals surface area contributed by atoms with E-state index in [1.165, 1.54) is 11.0 Å². The Balaban J connectivity index is 1.72. The summed E-state index contributed by atoms with van der Waals surface area (Å²) in [5.74, 6) is -0.522. The molecule has 3 rings (SSSR count). The summed E-state index contributed by atoms with van der Waals surface area (Å²) in [5.41, 5.74) is 2.00. The van der Waals surface area contributed by atoms with Gasteiger partial charge in [0.25, 0.3) is 0 Å². The average molecular weight is 341 g/mol. The number of carbonyl (C=O) groups excluding carboxylic acids is 2. The molecular formula is C19H20FN3O2. The molecule has 25 heavy (non-hydrogen) atoms. The molecule has 0 spiro atoms. The van der Waals surface area contributed by atoms with E-state index in [1.807, 2.05) is 29.2 Å². The van der Waals surface area contributed by atoms with E-state index in [4.69, 9.17) is 0 Å². The topological polar surface area (TPSA) is 52.7 Å². The molecule has 0 bridgehead atoms. The molecule has 130 valence electrons. The van der Waals surface area contributed by atoms with Crippen molar-refractivity contribution in [2.24, 2.45) is 0 Å². The van der Waals surface area contributed by atoms with Crippen LogP contribution >= 0.6 is 0 Å². The second-order valence-electron chi connectivity index (χ2n) is 6.08. The molecule has 6 heteroatoms. The van der Waals surface area contributed by atoms with E-state index in [0.717, 1.165) is 5.69 Å². The third kappa shape index (κ3) is 3.96. The quantitative estimate of drug-likeness (QED) is 0.930. The van der Waals surface area contributed by atoms with Crippen LogP contribution in [-0.4, -0.2) is 36.9 Å². The first-order valence-electron chi connectivity index (χ1n) is 8.16. The van der Waals surface area contributed by atoms with Gasteiger partial charge in [0.2, 0.25) is 11.8 Å². The highest BCUT2D eigenvalue weighted by Crippen LogP contribution is 2.28. The highest BCUT2D eigenvalue weighted by atomic mass is 19.1. The number of hydrogen-bond donors (Lipinski definition) is 1. The Morgan fingerprint density at radius 3 is 2.72 bits per heavy atom. The molecule has 0 aliphatic carbocycles. The molecule has 0 saturated carbocycles. The van der Waals surface area contributed by atoms with Gasteiger partial charge >= 0.3 is 0 Å². The standard InChI is InChI=1S/C19H20FN3O2/c1-22(12-14-6-2-3-7-15(14)20)19(25)13-23-11-10-18(24)21-16-8-4-5-9-17(16)23/h2-9H,10-13H2,1H3,(H,21,24). The third-order valence-corrected chi connectivity index (χ3v) is 4.24. The monoisotopic (exact) mass is 341 g/mol. The number of carbonyl (C=O) groups is 2. The first-order valence-corrected chi connectivity index (χ1v) is 8.16. The van der Waals surface area contributed by atoms with Crippen LogP contribution in [0.15, 0.2) is 48.5 Å². The lowest BCUT2D eigenvalue weighted by molar-refractivity contribution is -0.129. The van der Waals surface area contributed by atoms with E-state index in [9.17, 15) is 14.0 Å². The van der Waals surface area contributed by atoms with Gasteiger partial charge in [-0.15, -0.1) is 0 Å². The van der Waals surface area contributed by atoms with Crippen LogP contribution in [0.5, 0.6) is 0 Å². The molecule has 1 N–H and O–H groups in total. The fraction of sp³-hybridized carbons (Fsp3) is 0.263. The maximum atomic E-state index is 13.8. The number of anilines is 2. The van der Waals surface area contributed by atoms with Crippen molar-refractivity contribution in [3.63, 3.8) is 0 Å². The number of benzene rings is 2. The highest BCUT2D eigenvalue weighted by molar-refractivity contribution is 5.97. The zero-order valence-electron chi connectivity index (χ0n) is 14.0. The van der Waals surface area contributed by atoms with Gasteiger partial charge in [0.05, 0.1) is 17.9 Å². The minimum absolute atomic E-state index is 0.0675. The molecule has 0 unspecified atom stereocenters. The summed E-state index contributed by atoms with van der Waals surface area (Å²) in [5, 5.41) is 2.85. The molecular weight excluding hydrogens is 321 g/mol. The zero-order valence-corrected chi connectivity index (χ0v) is 14.0. The van der Waals surface area contributed by atoms with Gasteiger partial charge in [-0.3, -0.25) is 9.59 Å². The van der Waals surface area contributed by atoms with Gasteiger partial charge in [0.15, 0.2) is 0 Å². The molecule has 1 aliphatic heterocycles. The summed E-state index contributed by atoms with van der Waals surface area (Å²) in [6.07, 6.45) is 0.318. The molecule has 0 fully saturated rings. The molecule has 2 aromatic rings. The van der Waals surface area contributed by atoms with Crippen molar-refractivity contribution in [3.8, 4) is 0 Å².